The van der Waals surface area contributed by atoms with Gasteiger partial charge in [0.25, 0.3) is 11.8 Å². The van der Waals surface area contributed by atoms with E-state index < -0.39 is 17.1 Å². The number of hydrogen-bond acceptors (Lipinski definition) is 5. The van der Waals surface area contributed by atoms with Crippen LogP contribution in [0.4, 0.5) is 11.4 Å². The molecule has 0 spiro atoms. The maximum atomic E-state index is 13.8. The number of carbonyl (C=O) groups is 3. The minimum absolute atomic E-state index is 0.0750. The Labute approximate surface area is 308 Å². The second-order valence-electron chi connectivity index (χ2n) is 11.2. The van der Waals surface area contributed by atoms with Crippen molar-refractivity contribution in [1.29, 1.82) is 0 Å². The molecule has 0 bridgehead atoms. The molecule has 3 N–H and O–H groups in total. The van der Waals surface area contributed by atoms with Gasteiger partial charge in [-0.2, -0.15) is 0 Å². The van der Waals surface area contributed by atoms with E-state index in [0.29, 0.717) is 22.7 Å². The summed E-state index contributed by atoms with van der Waals surface area (Å²) < 4.78 is 6.78. The zero-order valence-corrected chi connectivity index (χ0v) is 29.6. The lowest BCUT2D eigenvalue weighted by Gasteiger charge is -2.18. The van der Waals surface area contributed by atoms with Gasteiger partial charge in [-0.1, -0.05) is 101 Å². The topological polar surface area (TPSA) is 96.5 Å². The highest BCUT2D eigenvalue weighted by molar-refractivity contribution is 9.10. The largest absolute Gasteiger partial charge is 0.457 e. The quantitative estimate of drug-likeness (QED) is 0.0854. The number of para-hydroxylation sites is 1. The Morgan fingerprint density at radius 2 is 1.25 bits per heavy atom. The van der Waals surface area contributed by atoms with Crippen LogP contribution >= 0.6 is 27.7 Å². The molecule has 0 aliphatic heterocycles. The van der Waals surface area contributed by atoms with Gasteiger partial charge in [-0.3, -0.25) is 14.4 Å². The zero-order valence-electron chi connectivity index (χ0n) is 27.2. The van der Waals surface area contributed by atoms with E-state index in [1.807, 2.05) is 103 Å². The number of nitrogens with one attached hydrogen (secondary N) is 3. The summed E-state index contributed by atoms with van der Waals surface area (Å²) in [6, 6.07) is 49.6. The van der Waals surface area contributed by atoms with E-state index in [1.54, 1.807) is 66.7 Å². The third-order valence-corrected chi connectivity index (χ3v) is 9.27. The van der Waals surface area contributed by atoms with Crippen LogP contribution in [-0.4, -0.2) is 17.7 Å². The minimum Gasteiger partial charge on any atom is -0.457 e. The number of amides is 3. The van der Waals surface area contributed by atoms with E-state index in [-0.39, 0.29) is 11.6 Å². The van der Waals surface area contributed by atoms with E-state index in [4.69, 9.17) is 4.74 Å². The Balaban J connectivity index is 1.18. The standard InChI is InChI=1S/C42H32BrN3O4S/c43-32-21-19-29(20-22-32)27-38(46-40(47)31-13-6-2-7-14-31)41(48)45-34-15-10-18-37(28-34)51-39(30-11-4-1-5-12-30)42(49)44-33-23-25-36(26-24-33)50-35-16-8-3-9-17-35/h1-28,39H,(H,44,49)(H,45,48)(H,46,47)/b38-27-. The molecule has 7 nitrogen and oxygen atoms in total. The number of thioether (sulfide) groups is 1. The fraction of sp³-hybridized carbons (Fsp3) is 0.0238. The Morgan fingerprint density at radius 3 is 1.94 bits per heavy atom. The molecule has 252 valence electrons. The summed E-state index contributed by atoms with van der Waals surface area (Å²) in [6.45, 7) is 0. The van der Waals surface area contributed by atoms with Crippen molar-refractivity contribution in [3.05, 3.63) is 191 Å². The molecule has 0 fully saturated rings. The van der Waals surface area contributed by atoms with Gasteiger partial charge in [-0.05, 0) is 96.1 Å². The number of anilines is 2. The summed E-state index contributed by atoms with van der Waals surface area (Å²) in [5, 5.41) is 8.12. The molecule has 3 amide bonds. The smallest absolute Gasteiger partial charge is 0.272 e. The van der Waals surface area contributed by atoms with Gasteiger partial charge in [0.15, 0.2) is 0 Å². The summed E-state index contributed by atoms with van der Waals surface area (Å²) in [5.74, 6) is 0.263. The van der Waals surface area contributed by atoms with Crippen LogP contribution in [0.25, 0.3) is 6.08 Å². The molecule has 6 aromatic rings. The SMILES string of the molecule is O=C(Nc1cccc(SC(C(=O)Nc2ccc(Oc3ccccc3)cc2)c2ccccc2)c1)/C(=C/c1ccc(Br)cc1)NC(=O)c1ccccc1. The Hall–Kier alpha value is -5.90. The first-order valence-electron chi connectivity index (χ1n) is 16.0. The normalized spacial score (nSPS) is 11.6. The van der Waals surface area contributed by atoms with Crippen molar-refractivity contribution >= 4 is 62.9 Å². The lowest BCUT2D eigenvalue weighted by Crippen LogP contribution is -2.30. The van der Waals surface area contributed by atoms with Gasteiger partial charge in [-0.15, -0.1) is 11.8 Å². The average Bonchev–Trinajstić information content (AvgIpc) is 3.16. The van der Waals surface area contributed by atoms with Gasteiger partial charge < -0.3 is 20.7 Å². The summed E-state index contributed by atoms with van der Waals surface area (Å²) >= 11 is 4.79. The molecule has 0 aliphatic carbocycles. The van der Waals surface area contributed by atoms with E-state index in [1.165, 1.54) is 11.8 Å². The van der Waals surface area contributed by atoms with E-state index in [0.717, 1.165) is 26.2 Å². The van der Waals surface area contributed by atoms with Crippen LogP contribution in [0.1, 0.15) is 26.7 Å². The second-order valence-corrected chi connectivity index (χ2v) is 13.3. The number of carbonyl (C=O) groups excluding carboxylic acids is 3. The maximum Gasteiger partial charge on any atom is 0.272 e. The molecule has 1 unspecified atom stereocenters. The van der Waals surface area contributed by atoms with Crippen LogP contribution in [-0.2, 0) is 9.59 Å². The average molecular weight is 755 g/mol. The molecule has 51 heavy (non-hydrogen) atoms. The molecule has 0 heterocycles. The minimum atomic E-state index is -0.601. The molecule has 0 saturated carbocycles. The van der Waals surface area contributed by atoms with Gasteiger partial charge in [0.05, 0.1) is 0 Å². The van der Waals surface area contributed by atoms with Crippen molar-refractivity contribution in [2.24, 2.45) is 0 Å². The molecule has 0 aromatic heterocycles. The van der Waals surface area contributed by atoms with Gasteiger partial charge in [-0.25, -0.2) is 0 Å². The van der Waals surface area contributed by atoms with E-state index in [9.17, 15) is 14.4 Å². The molecular formula is C42H32BrN3O4S. The molecule has 1 atom stereocenters. The predicted octanol–water partition coefficient (Wildman–Crippen LogP) is 10.1. The second kappa shape index (κ2) is 17.2. The number of rotatable bonds is 12. The van der Waals surface area contributed by atoms with Crippen molar-refractivity contribution in [3.63, 3.8) is 0 Å². The third-order valence-electron chi connectivity index (χ3n) is 7.50. The fourth-order valence-corrected chi connectivity index (χ4v) is 6.34. The van der Waals surface area contributed by atoms with Gasteiger partial charge in [0, 0.05) is 26.3 Å². The van der Waals surface area contributed by atoms with Gasteiger partial charge in [0.2, 0.25) is 5.91 Å². The fourth-order valence-electron chi connectivity index (χ4n) is 4.99. The van der Waals surface area contributed by atoms with Crippen molar-refractivity contribution < 1.29 is 19.1 Å². The van der Waals surface area contributed by atoms with Crippen LogP contribution in [0.3, 0.4) is 0 Å². The predicted molar refractivity (Wildman–Crippen MR) is 208 cm³/mol. The van der Waals surface area contributed by atoms with E-state index in [2.05, 4.69) is 31.9 Å². The summed E-state index contributed by atoms with van der Waals surface area (Å²) in [5.41, 5.74) is 3.18. The lowest BCUT2D eigenvalue weighted by molar-refractivity contribution is -0.116. The highest BCUT2D eigenvalue weighted by Crippen LogP contribution is 2.37. The highest BCUT2D eigenvalue weighted by atomic mass is 79.9. The van der Waals surface area contributed by atoms with Crippen LogP contribution in [0.15, 0.2) is 179 Å². The molecular weight excluding hydrogens is 722 g/mol. The number of ether oxygens (including phenoxy) is 1. The lowest BCUT2D eigenvalue weighted by atomic mass is 10.1. The van der Waals surface area contributed by atoms with Crippen molar-refractivity contribution in [2.45, 2.75) is 10.1 Å². The first-order chi connectivity index (χ1) is 24.9. The first kappa shape index (κ1) is 34.9. The van der Waals surface area contributed by atoms with Gasteiger partial charge >= 0.3 is 0 Å². The molecule has 6 rings (SSSR count). The molecule has 0 radical (unpaired) electrons. The Morgan fingerprint density at radius 1 is 0.627 bits per heavy atom. The monoisotopic (exact) mass is 753 g/mol. The molecule has 6 aromatic carbocycles. The molecule has 9 heteroatoms. The Kier molecular flexibility index (Phi) is 11.8. The van der Waals surface area contributed by atoms with Crippen molar-refractivity contribution in [2.75, 3.05) is 10.6 Å². The Bertz CT molecular complexity index is 2130. The third kappa shape index (κ3) is 10.1. The van der Waals surface area contributed by atoms with Crippen LogP contribution in [0, 0.1) is 0 Å². The number of benzene rings is 6. The van der Waals surface area contributed by atoms with Crippen molar-refractivity contribution in [1.82, 2.24) is 5.32 Å². The molecule has 0 aliphatic rings. The van der Waals surface area contributed by atoms with Crippen LogP contribution in [0.2, 0.25) is 0 Å². The molecule has 0 saturated heterocycles. The summed E-state index contributed by atoms with van der Waals surface area (Å²) in [6.07, 6.45) is 1.62. The first-order valence-corrected chi connectivity index (χ1v) is 17.7. The van der Waals surface area contributed by atoms with Crippen LogP contribution < -0.4 is 20.7 Å². The summed E-state index contributed by atoms with van der Waals surface area (Å²) in [7, 11) is 0. The van der Waals surface area contributed by atoms with E-state index >= 15 is 0 Å². The highest BCUT2D eigenvalue weighted by Gasteiger charge is 2.23. The maximum absolute atomic E-state index is 13.8. The van der Waals surface area contributed by atoms with Crippen LogP contribution in [0.5, 0.6) is 11.5 Å². The zero-order chi connectivity index (χ0) is 35.4. The van der Waals surface area contributed by atoms with Gasteiger partial charge in [0.1, 0.15) is 22.4 Å². The number of halogens is 1. The number of hydrogen-bond donors (Lipinski definition) is 3. The van der Waals surface area contributed by atoms with Crippen molar-refractivity contribution in [3.8, 4) is 11.5 Å². The summed E-state index contributed by atoms with van der Waals surface area (Å²) in [4.78, 5) is 41.3.